The summed E-state index contributed by atoms with van der Waals surface area (Å²) < 4.78 is 1.66. The van der Waals surface area contributed by atoms with E-state index in [0.717, 1.165) is 36.1 Å². The molecular weight excluding hydrogens is 410 g/mol. The lowest BCUT2D eigenvalue weighted by Gasteiger charge is -2.06. The molecule has 0 aliphatic rings. The van der Waals surface area contributed by atoms with Crippen molar-refractivity contribution in [2.24, 2.45) is 0 Å². The Labute approximate surface area is 186 Å². The average Bonchev–Trinajstić information content (AvgIpc) is 3.32. The van der Waals surface area contributed by atoms with E-state index in [1.807, 2.05) is 54.7 Å². The highest BCUT2D eigenvalue weighted by molar-refractivity contribution is 5.91. The molecule has 4 N–H and O–H groups in total. The number of benzene rings is 2. The van der Waals surface area contributed by atoms with Gasteiger partial charge in [0, 0.05) is 24.1 Å². The predicted molar refractivity (Wildman–Crippen MR) is 119 cm³/mol. The third kappa shape index (κ3) is 6.73. The molecule has 0 spiro atoms. The Morgan fingerprint density at radius 2 is 1.66 bits per heavy atom. The molecule has 2 aromatic carbocycles. The van der Waals surface area contributed by atoms with Gasteiger partial charge in [-0.1, -0.05) is 42.3 Å². The number of carbonyl (C=O) groups is 2. The number of hydrogen-bond acceptors (Lipinski definition) is 6. The van der Waals surface area contributed by atoms with E-state index in [-0.39, 0.29) is 24.8 Å². The summed E-state index contributed by atoms with van der Waals surface area (Å²) in [6.45, 7) is -0.00918. The normalized spacial score (nSPS) is 10.7. The Bertz CT molecular complexity index is 1030. The molecule has 2 amide bonds. The number of nitrogens with zero attached hydrogens (tertiary/aromatic N) is 3. The highest BCUT2D eigenvalue weighted by Crippen LogP contribution is 2.22. The number of hydroxylamine groups is 1. The second kappa shape index (κ2) is 11.7. The number of aliphatic hydroxyl groups excluding tert-OH is 1. The molecule has 0 atom stereocenters. The molecule has 0 bridgehead atoms. The first-order valence-corrected chi connectivity index (χ1v) is 10.5. The molecular formula is C23H27N5O4. The Morgan fingerprint density at radius 3 is 2.34 bits per heavy atom. The zero-order valence-corrected chi connectivity index (χ0v) is 17.7. The minimum atomic E-state index is -0.387. The molecule has 3 rings (SSSR count). The molecule has 0 aliphatic heterocycles. The van der Waals surface area contributed by atoms with Gasteiger partial charge in [0.1, 0.15) is 5.69 Å². The van der Waals surface area contributed by atoms with Crippen LogP contribution in [0.1, 0.15) is 44.1 Å². The van der Waals surface area contributed by atoms with Crippen LogP contribution in [0.15, 0.2) is 54.7 Å². The second-order valence-electron chi connectivity index (χ2n) is 7.45. The summed E-state index contributed by atoms with van der Waals surface area (Å²) in [5, 5.41) is 28.9. The number of nitrogens with one attached hydrogen (secondary N) is 2. The molecule has 168 valence electrons. The van der Waals surface area contributed by atoms with Crippen LogP contribution in [0.5, 0.6) is 0 Å². The van der Waals surface area contributed by atoms with Crippen molar-refractivity contribution in [1.29, 1.82) is 0 Å². The quantitative estimate of drug-likeness (QED) is 0.207. The van der Waals surface area contributed by atoms with E-state index >= 15 is 0 Å². The minimum absolute atomic E-state index is 0.00918. The summed E-state index contributed by atoms with van der Waals surface area (Å²) >= 11 is 0. The number of carbonyl (C=O) groups excluding carboxylic acids is 2. The van der Waals surface area contributed by atoms with Gasteiger partial charge in [0.05, 0.1) is 18.5 Å². The summed E-state index contributed by atoms with van der Waals surface area (Å²) in [6.07, 6.45) is 5.58. The molecule has 0 radical (unpaired) electrons. The second-order valence-corrected chi connectivity index (χ2v) is 7.45. The van der Waals surface area contributed by atoms with Crippen LogP contribution in [0.25, 0.3) is 16.9 Å². The Hall–Kier alpha value is -3.56. The number of unbranched alkanes of at least 4 members (excludes halogenated alkanes) is 3. The van der Waals surface area contributed by atoms with Crippen LogP contribution in [-0.2, 0) is 16.2 Å². The van der Waals surface area contributed by atoms with Gasteiger partial charge in [-0.05, 0) is 42.7 Å². The zero-order chi connectivity index (χ0) is 22.8. The monoisotopic (exact) mass is 437 g/mol. The maximum atomic E-state index is 12.2. The standard InChI is InChI=1S/C23H27N5O4/c29-16-17-10-12-20(13-11-17)28-15-21(25-27-28)18-6-5-7-19(14-18)24-22(30)8-3-1-2-4-9-23(31)26-32/h5-7,10-15,29,32H,1-4,8-9,16H2,(H,24,30)(H,26,31). The number of anilines is 1. The van der Waals surface area contributed by atoms with Crippen molar-refractivity contribution in [2.45, 2.75) is 45.1 Å². The maximum Gasteiger partial charge on any atom is 0.243 e. The Balaban J connectivity index is 1.51. The molecule has 9 heteroatoms. The van der Waals surface area contributed by atoms with Crippen LogP contribution in [0.4, 0.5) is 5.69 Å². The van der Waals surface area contributed by atoms with Crippen molar-refractivity contribution >= 4 is 17.5 Å². The molecule has 0 unspecified atom stereocenters. The SMILES string of the molecule is O=C(CCCCCCC(=O)Nc1cccc(-c2cn(-c3ccc(CO)cc3)nn2)c1)NO. The summed E-state index contributed by atoms with van der Waals surface area (Å²) in [6, 6.07) is 14.8. The molecule has 1 aromatic heterocycles. The molecule has 0 aliphatic carbocycles. The number of aromatic nitrogens is 3. The van der Waals surface area contributed by atoms with Gasteiger partial charge in [0.15, 0.2) is 0 Å². The van der Waals surface area contributed by atoms with Crippen molar-refractivity contribution in [1.82, 2.24) is 20.5 Å². The summed E-state index contributed by atoms with van der Waals surface area (Å²) in [5.41, 5.74) is 5.48. The molecule has 0 saturated carbocycles. The Kier molecular flexibility index (Phi) is 8.47. The summed E-state index contributed by atoms with van der Waals surface area (Å²) in [7, 11) is 0. The van der Waals surface area contributed by atoms with Gasteiger partial charge in [-0.3, -0.25) is 14.8 Å². The van der Waals surface area contributed by atoms with Crippen molar-refractivity contribution in [3.63, 3.8) is 0 Å². The van der Waals surface area contributed by atoms with E-state index in [1.54, 1.807) is 10.2 Å². The largest absolute Gasteiger partial charge is 0.392 e. The van der Waals surface area contributed by atoms with Gasteiger partial charge in [-0.15, -0.1) is 5.10 Å². The number of aliphatic hydroxyl groups is 1. The molecule has 9 nitrogen and oxygen atoms in total. The molecule has 32 heavy (non-hydrogen) atoms. The third-order valence-corrected chi connectivity index (χ3v) is 5.00. The molecule has 0 saturated heterocycles. The fourth-order valence-corrected chi connectivity index (χ4v) is 3.24. The van der Waals surface area contributed by atoms with E-state index in [2.05, 4.69) is 15.6 Å². The number of hydrogen-bond donors (Lipinski definition) is 4. The van der Waals surface area contributed by atoms with Gasteiger partial charge in [-0.2, -0.15) is 0 Å². The van der Waals surface area contributed by atoms with E-state index in [4.69, 9.17) is 10.3 Å². The van der Waals surface area contributed by atoms with Gasteiger partial charge in [0.25, 0.3) is 0 Å². The van der Waals surface area contributed by atoms with Gasteiger partial charge < -0.3 is 10.4 Å². The molecule has 0 fully saturated rings. The van der Waals surface area contributed by atoms with Crippen LogP contribution >= 0.6 is 0 Å². The molecule has 3 aromatic rings. The van der Waals surface area contributed by atoms with E-state index < -0.39 is 0 Å². The highest BCUT2D eigenvalue weighted by Gasteiger charge is 2.08. The Morgan fingerprint density at radius 1 is 0.938 bits per heavy atom. The minimum Gasteiger partial charge on any atom is -0.392 e. The van der Waals surface area contributed by atoms with Gasteiger partial charge in [0.2, 0.25) is 11.8 Å². The lowest BCUT2D eigenvalue weighted by Crippen LogP contribution is -2.17. The number of rotatable bonds is 11. The van der Waals surface area contributed by atoms with Crippen molar-refractivity contribution in [3.05, 3.63) is 60.3 Å². The molecule has 1 heterocycles. The van der Waals surface area contributed by atoms with E-state index in [9.17, 15) is 9.59 Å². The first kappa shape index (κ1) is 23.1. The van der Waals surface area contributed by atoms with Crippen LogP contribution in [-0.4, -0.2) is 37.1 Å². The van der Waals surface area contributed by atoms with Crippen LogP contribution in [0.3, 0.4) is 0 Å². The fraction of sp³-hybridized carbons (Fsp3) is 0.304. The lowest BCUT2D eigenvalue weighted by molar-refractivity contribution is -0.129. The van der Waals surface area contributed by atoms with Crippen molar-refractivity contribution < 1.29 is 19.9 Å². The van der Waals surface area contributed by atoms with E-state index in [1.165, 1.54) is 0 Å². The maximum absolute atomic E-state index is 12.2. The third-order valence-electron chi connectivity index (χ3n) is 5.00. The zero-order valence-electron chi connectivity index (χ0n) is 17.7. The average molecular weight is 438 g/mol. The fourth-order valence-electron chi connectivity index (χ4n) is 3.24. The smallest absolute Gasteiger partial charge is 0.243 e. The number of amides is 2. The van der Waals surface area contributed by atoms with Crippen LogP contribution in [0, 0.1) is 0 Å². The lowest BCUT2D eigenvalue weighted by atomic mass is 10.1. The summed E-state index contributed by atoms with van der Waals surface area (Å²) in [4.78, 5) is 23.2. The van der Waals surface area contributed by atoms with E-state index in [0.29, 0.717) is 24.2 Å². The van der Waals surface area contributed by atoms with Crippen LogP contribution in [0.2, 0.25) is 0 Å². The first-order valence-electron chi connectivity index (χ1n) is 10.5. The predicted octanol–water partition coefficient (Wildman–Crippen LogP) is 3.21. The highest BCUT2D eigenvalue weighted by atomic mass is 16.5. The topological polar surface area (TPSA) is 129 Å². The van der Waals surface area contributed by atoms with Crippen molar-refractivity contribution in [3.8, 4) is 16.9 Å². The first-order chi connectivity index (χ1) is 15.6. The van der Waals surface area contributed by atoms with Crippen LogP contribution < -0.4 is 10.8 Å². The van der Waals surface area contributed by atoms with Gasteiger partial charge >= 0.3 is 0 Å². The van der Waals surface area contributed by atoms with Gasteiger partial charge in [-0.25, -0.2) is 10.2 Å². The summed E-state index contributed by atoms with van der Waals surface area (Å²) in [5.74, 6) is -0.454. The van der Waals surface area contributed by atoms with Crippen molar-refractivity contribution in [2.75, 3.05) is 5.32 Å².